The molecule has 0 aromatic heterocycles. The number of likely N-dealkylation sites (N-methyl/N-ethyl adjacent to an activating group) is 2. The molecule has 1 aromatic carbocycles. The molecule has 16 heteroatoms. The SMILES string of the molecule is CCC.CCC(C)C(C(CC(=O)N1CCCC1C(OC)C(C)C=O)OC)N(C)C(=O)CNC(=O)C(C(C)C)N1CCNCC1.CNC(Cc1ccccc1)/C(N)=N/NN. The number of nitrogens with one attached hydrogen (secondary N) is 4. The molecule has 2 saturated heterocycles. The Hall–Kier alpha value is -3.67. The molecule has 2 heterocycles. The van der Waals surface area contributed by atoms with Crippen molar-refractivity contribution in [1.82, 2.24) is 36.2 Å². The van der Waals surface area contributed by atoms with Crippen molar-refractivity contribution in [1.29, 1.82) is 0 Å². The number of ether oxygens (including phenoxy) is 2. The number of likely N-dealkylation sites (tertiary alicyclic amines) is 1. The Morgan fingerprint density at radius 3 is 2.17 bits per heavy atom. The number of hydrogen-bond acceptors (Lipinski definition) is 12. The largest absolute Gasteiger partial charge is 0.384 e. The molecule has 0 saturated carbocycles. The number of hydrazone groups is 1. The van der Waals surface area contributed by atoms with Gasteiger partial charge in [-0.2, -0.15) is 5.10 Å². The minimum absolute atomic E-state index is 0.0107. The molecule has 3 amide bonds. The van der Waals surface area contributed by atoms with Crippen LogP contribution in [-0.4, -0.2) is 149 Å². The van der Waals surface area contributed by atoms with Crippen LogP contribution >= 0.6 is 0 Å². The number of carbonyl (C=O) groups excluding carboxylic acids is 4. The summed E-state index contributed by atoms with van der Waals surface area (Å²) in [6, 6.07) is 9.23. The molecular formula is C43H80N10O6. The first-order chi connectivity index (χ1) is 28.2. The lowest BCUT2D eigenvalue weighted by Crippen LogP contribution is -2.57. The summed E-state index contributed by atoms with van der Waals surface area (Å²) in [4.78, 5) is 57.3. The Morgan fingerprint density at radius 1 is 1.03 bits per heavy atom. The van der Waals surface area contributed by atoms with Crippen molar-refractivity contribution >= 4 is 29.8 Å². The number of methoxy groups -OCH3 is 2. The first-order valence-corrected chi connectivity index (χ1v) is 21.5. The van der Waals surface area contributed by atoms with E-state index in [-0.39, 0.29) is 78.7 Å². The highest BCUT2D eigenvalue weighted by molar-refractivity contribution is 5.88. The van der Waals surface area contributed by atoms with Crippen LogP contribution in [0.1, 0.15) is 86.1 Å². The summed E-state index contributed by atoms with van der Waals surface area (Å²) in [5.41, 5.74) is 9.12. The molecule has 0 aliphatic carbocycles. The smallest absolute Gasteiger partial charge is 0.242 e. The zero-order valence-corrected chi connectivity index (χ0v) is 38.0. The maximum atomic E-state index is 13.6. The van der Waals surface area contributed by atoms with Gasteiger partial charge in [-0.15, -0.1) is 0 Å². The third-order valence-electron chi connectivity index (χ3n) is 11.2. The van der Waals surface area contributed by atoms with Crippen LogP contribution in [-0.2, 0) is 35.1 Å². The van der Waals surface area contributed by atoms with Crippen molar-refractivity contribution in [2.75, 3.05) is 67.6 Å². The van der Waals surface area contributed by atoms with Gasteiger partial charge in [0.05, 0.1) is 49.3 Å². The number of benzene rings is 1. The second kappa shape index (κ2) is 29.5. The van der Waals surface area contributed by atoms with Gasteiger partial charge in [0.15, 0.2) is 0 Å². The molecule has 16 nitrogen and oxygen atoms in total. The van der Waals surface area contributed by atoms with Crippen molar-refractivity contribution in [2.24, 2.45) is 34.4 Å². The molecule has 0 spiro atoms. The summed E-state index contributed by atoms with van der Waals surface area (Å²) in [5, 5.41) is 13.0. The van der Waals surface area contributed by atoms with Gasteiger partial charge >= 0.3 is 0 Å². The molecule has 8 N–H and O–H groups in total. The third kappa shape index (κ3) is 17.5. The summed E-state index contributed by atoms with van der Waals surface area (Å²) in [6.45, 7) is 18.0. The van der Waals surface area contributed by atoms with E-state index in [9.17, 15) is 19.2 Å². The van der Waals surface area contributed by atoms with Crippen molar-refractivity contribution in [3.63, 3.8) is 0 Å². The second-order valence-electron chi connectivity index (χ2n) is 15.9. The van der Waals surface area contributed by atoms with E-state index in [2.05, 4.69) is 45.3 Å². The predicted molar refractivity (Wildman–Crippen MR) is 236 cm³/mol. The number of hydrogen-bond donors (Lipinski definition) is 6. The monoisotopic (exact) mass is 833 g/mol. The molecule has 8 atom stereocenters. The van der Waals surface area contributed by atoms with Crippen LogP contribution < -0.4 is 33.1 Å². The van der Waals surface area contributed by atoms with Crippen LogP contribution in [0.4, 0.5) is 0 Å². The van der Waals surface area contributed by atoms with E-state index in [0.29, 0.717) is 12.4 Å². The molecule has 2 aliphatic rings. The van der Waals surface area contributed by atoms with E-state index < -0.39 is 6.10 Å². The van der Waals surface area contributed by atoms with Crippen LogP contribution in [0.3, 0.4) is 0 Å². The molecule has 0 radical (unpaired) electrons. The van der Waals surface area contributed by atoms with Gasteiger partial charge in [0.2, 0.25) is 17.7 Å². The fourth-order valence-corrected chi connectivity index (χ4v) is 7.88. The van der Waals surface area contributed by atoms with E-state index >= 15 is 0 Å². The van der Waals surface area contributed by atoms with Crippen LogP contribution in [0.15, 0.2) is 35.4 Å². The van der Waals surface area contributed by atoms with E-state index in [0.717, 1.165) is 58.1 Å². The Balaban J connectivity index is 0.000000799. The topological polar surface area (TPSA) is 209 Å². The number of amidine groups is 1. The first-order valence-electron chi connectivity index (χ1n) is 21.5. The predicted octanol–water partition coefficient (Wildman–Crippen LogP) is 2.12. The fraction of sp³-hybridized carbons (Fsp3) is 0.744. The number of rotatable bonds is 21. The van der Waals surface area contributed by atoms with Crippen LogP contribution in [0, 0.1) is 17.8 Å². The fourth-order valence-electron chi connectivity index (χ4n) is 7.88. The maximum absolute atomic E-state index is 13.6. The Bertz CT molecular complexity index is 1370. The molecule has 8 unspecified atom stereocenters. The number of amides is 3. The number of nitrogens with zero attached hydrogens (tertiary/aromatic N) is 4. The van der Waals surface area contributed by atoms with Crippen LogP contribution in [0.2, 0.25) is 0 Å². The van der Waals surface area contributed by atoms with E-state index in [1.165, 1.54) is 12.0 Å². The quantitative estimate of drug-likeness (QED) is 0.0346. The average Bonchev–Trinajstić information content (AvgIpc) is 3.72. The Kier molecular flexibility index (Phi) is 26.7. The standard InChI is InChI=1S/C30H55N5O6.C10H17N5.C3H8/c1-9-21(4)28(24(40-7)17-25(37)35-14-10-11-23(35)29(41-8)22(5)19-36)33(6)26(38)18-32-30(39)27(20(2)3)34-15-12-31-13-16-34;1-13-9(10(11)14-15-12)7-8-5-3-2-4-6-8;1-3-2/h19-24,27-29,31H,9-18H2,1-8H3,(H,32,39);2-6,9,13,15H,7,12H2,1H3,(H2,11,14);3H2,1-2H3. The highest BCUT2D eigenvalue weighted by Crippen LogP contribution is 2.28. The number of aldehydes is 1. The van der Waals surface area contributed by atoms with Gasteiger partial charge < -0.3 is 45.8 Å². The minimum atomic E-state index is -0.530. The molecule has 1 aromatic rings. The van der Waals surface area contributed by atoms with Crippen molar-refractivity contribution in [3.05, 3.63) is 35.9 Å². The molecule has 59 heavy (non-hydrogen) atoms. The zero-order valence-electron chi connectivity index (χ0n) is 38.0. The highest BCUT2D eigenvalue weighted by atomic mass is 16.5. The molecular weight excluding hydrogens is 753 g/mol. The average molecular weight is 833 g/mol. The maximum Gasteiger partial charge on any atom is 0.242 e. The number of hydrazine groups is 1. The van der Waals surface area contributed by atoms with E-state index in [1.807, 2.05) is 76.9 Å². The first kappa shape index (κ1) is 53.3. The van der Waals surface area contributed by atoms with Gasteiger partial charge in [-0.05, 0) is 43.7 Å². The van der Waals surface area contributed by atoms with E-state index in [4.69, 9.17) is 21.1 Å². The summed E-state index contributed by atoms with van der Waals surface area (Å²) in [6.07, 6.45) is 4.53. The van der Waals surface area contributed by atoms with Crippen LogP contribution in [0.25, 0.3) is 0 Å². The molecule has 0 bridgehead atoms. The second-order valence-corrected chi connectivity index (χ2v) is 15.9. The lowest BCUT2D eigenvalue weighted by Gasteiger charge is -2.39. The summed E-state index contributed by atoms with van der Waals surface area (Å²) < 4.78 is 11.5. The normalized spacial score (nSPS) is 19.4. The van der Waals surface area contributed by atoms with Gasteiger partial charge in [0.1, 0.15) is 12.1 Å². The Morgan fingerprint density at radius 2 is 1.66 bits per heavy atom. The number of carbonyl (C=O) groups is 4. The number of piperazine rings is 1. The highest BCUT2D eigenvalue weighted by Gasteiger charge is 2.40. The van der Waals surface area contributed by atoms with Gasteiger partial charge in [0, 0.05) is 59.9 Å². The zero-order chi connectivity index (χ0) is 44.5. The lowest BCUT2D eigenvalue weighted by molar-refractivity contribution is -0.145. The van der Waals surface area contributed by atoms with Crippen molar-refractivity contribution < 1.29 is 28.7 Å². The van der Waals surface area contributed by atoms with Gasteiger partial charge in [0.25, 0.3) is 0 Å². The molecule has 2 aliphatic heterocycles. The Labute approximate surface area is 355 Å². The molecule has 2 fully saturated rings. The van der Waals surface area contributed by atoms with Gasteiger partial charge in [-0.1, -0.05) is 91.6 Å². The van der Waals surface area contributed by atoms with Crippen molar-refractivity contribution in [3.8, 4) is 0 Å². The number of nitrogens with two attached hydrogens (primary N) is 2. The van der Waals surface area contributed by atoms with Gasteiger partial charge in [-0.3, -0.25) is 19.3 Å². The van der Waals surface area contributed by atoms with Crippen LogP contribution in [0.5, 0.6) is 0 Å². The van der Waals surface area contributed by atoms with E-state index in [1.54, 1.807) is 26.2 Å². The summed E-state index contributed by atoms with van der Waals surface area (Å²) >= 11 is 0. The summed E-state index contributed by atoms with van der Waals surface area (Å²) in [5.74, 6) is 4.92. The molecule has 3 rings (SSSR count). The van der Waals surface area contributed by atoms with Crippen molar-refractivity contribution in [2.45, 2.75) is 123 Å². The molecule has 338 valence electrons. The van der Waals surface area contributed by atoms with Gasteiger partial charge in [-0.25, -0.2) is 11.4 Å². The summed E-state index contributed by atoms with van der Waals surface area (Å²) in [7, 11) is 6.72. The lowest BCUT2D eigenvalue weighted by atomic mass is 9.90. The minimum Gasteiger partial charge on any atom is -0.384 e. The third-order valence-corrected chi connectivity index (χ3v) is 11.2.